The largest absolute Gasteiger partial charge is 0.344 e. The predicted molar refractivity (Wildman–Crippen MR) is 93.1 cm³/mol. The average molecular weight is 357 g/mol. The molecule has 2 amide bonds. The Morgan fingerprint density at radius 3 is 2.58 bits per heavy atom. The fraction of sp³-hybridized carbons (Fsp3) is 0.500. The molecule has 1 aliphatic rings. The first kappa shape index (κ1) is 18.0. The summed E-state index contributed by atoms with van der Waals surface area (Å²) in [4.78, 5) is 35.0. The number of rotatable bonds is 5. The number of piperidine rings is 1. The molecular formula is C18H23N5O3. The van der Waals surface area contributed by atoms with E-state index < -0.39 is 0 Å². The number of nitrogens with zero attached hydrogens (tertiary/aromatic N) is 4. The number of pyridine rings is 1. The van der Waals surface area contributed by atoms with Crippen molar-refractivity contribution in [2.75, 3.05) is 13.1 Å². The highest BCUT2D eigenvalue weighted by Crippen LogP contribution is 2.21. The molecule has 0 aromatic carbocycles. The Morgan fingerprint density at radius 2 is 2.00 bits per heavy atom. The van der Waals surface area contributed by atoms with Crippen LogP contribution in [0.15, 0.2) is 29.0 Å². The standard InChI is InChI=1S/C18H23N5O3/c1-3-15(17-20-12(2)22-26-17)21-16(24)13-6-10-23(11-7-13)18(25)14-4-8-19-9-5-14/h4-5,8-9,13,15H,3,6-7,10-11H2,1-2H3,(H,21,24)/t15-/m1/s1. The summed E-state index contributed by atoms with van der Waals surface area (Å²) in [6, 6.07) is 3.14. The van der Waals surface area contributed by atoms with Gasteiger partial charge in [0.2, 0.25) is 11.8 Å². The van der Waals surface area contributed by atoms with E-state index in [1.54, 1.807) is 36.4 Å². The number of carbonyl (C=O) groups is 2. The lowest BCUT2D eigenvalue weighted by molar-refractivity contribution is -0.127. The maximum atomic E-state index is 12.6. The van der Waals surface area contributed by atoms with Crippen molar-refractivity contribution in [1.82, 2.24) is 25.3 Å². The summed E-state index contributed by atoms with van der Waals surface area (Å²) in [5.74, 6) is 0.830. The van der Waals surface area contributed by atoms with Crippen molar-refractivity contribution in [3.63, 3.8) is 0 Å². The molecule has 8 heteroatoms. The highest BCUT2D eigenvalue weighted by atomic mass is 16.5. The van der Waals surface area contributed by atoms with Crippen LogP contribution in [0.3, 0.4) is 0 Å². The summed E-state index contributed by atoms with van der Waals surface area (Å²) in [5.41, 5.74) is 0.626. The van der Waals surface area contributed by atoms with Crippen molar-refractivity contribution in [3.05, 3.63) is 41.8 Å². The molecule has 8 nitrogen and oxygen atoms in total. The van der Waals surface area contributed by atoms with Gasteiger partial charge in [-0.3, -0.25) is 14.6 Å². The summed E-state index contributed by atoms with van der Waals surface area (Å²) in [7, 11) is 0. The number of hydrogen-bond donors (Lipinski definition) is 1. The summed E-state index contributed by atoms with van der Waals surface area (Å²) in [6.07, 6.45) is 5.17. The van der Waals surface area contributed by atoms with Crippen LogP contribution in [-0.4, -0.2) is 44.9 Å². The van der Waals surface area contributed by atoms with Crippen molar-refractivity contribution < 1.29 is 14.1 Å². The van der Waals surface area contributed by atoms with Crippen molar-refractivity contribution >= 4 is 11.8 Å². The number of aromatic nitrogens is 3. The molecule has 26 heavy (non-hydrogen) atoms. The molecule has 1 saturated heterocycles. The molecule has 138 valence electrons. The number of nitrogens with one attached hydrogen (secondary N) is 1. The second-order valence-corrected chi connectivity index (χ2v) is 6.45. The van der Waals surface area contributed by atoms with Crippen LogP contribution in [0.5, 0.6) is 0 Å². The van der Waals surface area contributed by atoms with Crippen molar-refractivity contribution in [2.45, 2.75) is 39.2 Å². The first-order chi connectivity index (χ1) is 12.6. The van der Waals surface area contributed by atoms with Gasteiger partial charge < -0.3 is 14.7 Å². The Balaban J connectivity index is 1.54. The van der Waals surface area contributed by atoms with Crippen molar-refractivity contribution in [1.29, 1.82) is 0 Å². The van der Waals surface area contributed by atoms with Gasteiger partial charge in [-0.15, -0.1) is 0 Å². The fourth-order valence-electron chi connectivity index (χ4n) is 3.10. The molecule has 0 unspecified atom stereocenters. The number of carbonyl (C=O) groups excluding carboxylic acids is 2. The van der Waals surface area contributed by atoms with E-state index >= 15 is 0 Å². The minimum Gasteiger partial charge on any atom is -0.344 e. The molecular weight excluding hydrogens is 334 g/mol. The van der Waals surface area contributed by atoms with E-state index in [0.29, 0.717) is 49.6 Å². The van der Waals surface area contributed by atoms with Gasteiger partial charge in [0.05, 0.1) is 0 Å². The molecule has 0 saturated carbocycles. The average Bonchev–Trinajstić information content (AvgIpc) is 3.12. The smallest absolute Gasteiger partial charge is 0.253 e. The maximum absolute atomic E-state index is 12.6. The quantitative estimate of drug-likeness (QED) is 0.877. The van der Waals surface area contributed by atoms with Gasteiger partial charge in [0.15, 0.2) is 5.82 Å². The molecule has 1 N–H and O–H groups in total. The van der Waals surface area contributed by atoms with Gasteiger partial charge in [-0.05, 0) is 38.3 Å². The SMILES string of the molecule is CC[C@@H](NC(=O)C1CCN(C(=O)c2ccncc2)CC1)c1nc(C)no1. The Labute approximate surface area is 152 Å². The van der Waals surface area contributed by atoms with Gasteiger partial charge in [-0.25, -0.2) is 0 Å². The normalized spacial score (nSPS) is 16.3. The summed E-state index contributed by atoms with van der Waals surface area (Å²) in [6.45, 7) is 4.84. The lowest BCUT2D eigenvalue weighted by Crippen LogP contribution is -2.43. The Hall–Kier alpha value is -2.77. The monoisotopic (exact) mass is 357 g/mol. The molecule has 0 bridgehead atoms. The molecule has 0 radical (unpaired) electrons. The summed E-state index contributed by atoms with van der Waals surface area (Å²) in [5, 5.41) is 6.77. The van der Waals surface area contributed by atoms with Gasteiger partial charge in [-0.2, -0.15) is 4.98 Å². The zero-order valence-electron chi connectivity index (χ0n) is 15.0. The summed E-state index contributed by atoms with van der Waals surface area (Å²) < 4.78 is 5.17. The predicted octanol–water partition coefficient (Wildman–Crippen LogP) is 1.89. The van der Waals surface area contributed by atoms with Gasteiger partial charge in [0.1, 0.15) is 6.04 Å². The Kier molecular flexibility index (Phi) is 5.60. The van der Waals surface area contributed by atoms with Gasteiger partial charge in [0.25, 0.3) is 5.91 Å². The molecule has 3 heterocycles. The molecule has 1 fully saturated rings. The Morgan fingerprint density at radius 1 is 1.31 bits per heavy atom. The van der Waals surface area contributed by atoms with Gasteiger partial charge >= 0.3 is 0 Å². The molecule has 3 rings (SSSR count). The minimum absolute atomic E-state index is 0.0148. The third-order valence-corrected chi connectivity index (χ3v) is 4.65. The van der Waals surface area contributed by atoms with E-state index in [9.17, 15) is 9.59 Å². The lowest BCUT2D eigenvalue weighted by Gasteiger charge is -2.32. The van der Waals surface area contributed by atoms with Crippen LogP contribution in [0.25, 0.3) is 0 Å². The minimum atomic E-state index is -0.278. The first-order valence-corrected chi connectivity index (χ1v) is 8.88. The highest BCUT2D eigenvalue weighted by Gasteiger charge is 2.29. The van der Waals surface area contributed by atoms with E-state index in [2.05, 4.69) is 20.4 Å². The van der Waals surface area contributed by atoms with Crippen LogP contribution in [-0.2, 0) is 4.79 Å². The van der Waals surface area contributed by atoms with E-state index in [0.717, 1.165) is 0 Å². The fourth-order valence-corrected chi connectivity index (χ4v) is 3.10. The second kappa shape index (κ2) is 8.07. The molecule has 1 aliphatic heterocycles. The van der Waals surface area contributed by atoms with Crippen molar-refractivity contribution in [2.24, 2.45) is 5.92 Å². The topological polar surface area (TPSA) is 101 Å². The third kappa shape index (κ3) is 4.07. The van der Waals surface area contributed by atoms with Crippen LogP contribution in [0.1, 0.15) is 54.3 Å². The van der Waals surface area contributed by atoms with E-state index in [1.165, 1.54) is 0 Å². The van der Waals surface area contributed by atoms with E-state index in [4.69, 9.17) is 4.52 Å². The second-order valence-electron chi connectivity index (χ2n) is 6.45. The van der Waals surface area contributed by atoms with Crippen LogP contribution in [0.4, 0.5) is 0 Å². The number of amides is 2. The van der Waals surface area contributed by atoms with Crippen LogP contribution >= 0.6 is 0 Å². The maximum Gasteiger partial charge on any atom is 0.253 e. The van der Waals surface area contributed by atoms with Crippen LogP contribution in [0.2, 0.25) is 0 Å². The zero-order valence-corrected chi connectivity index (χ0v) is 15.0. The summed E-state index contributed by atoms with van der Waals surface area (Å²) >= 11 is 0. The van der Waals surface area contributed by atoms with E-state index in [-0.39, 0.29) is 23.8 Å². The van der Waals surface area contributed by atoms with Crippen LogP contribution < -0.4 is 5.32 Å². The van der Waals surface area contributed by atoms with Crippen LogP contribution in [0, 0.1) is 12.8 Å². The third-order valence-electron chi connectivity index (χ3n) is 4.65. The highest BCUT2D eigenvalue weighted by molar-refractivity contribution is 5.94. The van der Waals surface area contributed by atoms with Crippen molar-refractivity contribution in [3.8, 4) is 0 Å². The number of aryl methyl sites for hydroxylation is 1. The van der Waals surface area contributed by atoms with Gasteiger partial charge in [-0.1, -0.05) is 12.1 Å². The van der Waals surface area contributed by atoms with Gasteiger partial charge in [0, 0.05) is 37.0 Å². The first-order valence-electron chi connectivity index (χ1n) is 8.88. The Bertz CT molecular complexity index is 753. The number of likely N-dealkylation sites (tertiary alicyclic amines) is 1. The zero-order chi connectivity index (χ0) is 18.5. The lowest BCUT2D eigenvalue weighted by atomic mass is 9.95. The number of hydrogen-bond acceptors (Lipinski definition) is 6. The van der Waals surface area contributed by atoms with E-state index in [1.807, 2.05) is 6.92 Å². The molecule has 2 aromatic heterocycles. The molecule has 0 spiro atoms. The molecule has 1 atom stereocenters. The molecule has 0 aliphatic carbocycles. The molecule has 2 aromatic rings.